The van der Waals surface area contributed by atoms with Crippen LogP contribution in [-0.2, 0) is 9.59 Å². The molecule has 4 fully saturated rings. The number of piperidine rings is 2. The first kappa shape index (κ1) is 33.2. The summed E-state index contributed by atoms with van der Waals surface area (Å²) in [5.41, 5.74) is 2.28. The van der Waals surface area contributed by atoms with Gasteiger partial charge in [-0.25, -0.2) is 4.39 Å². The Morgan fingerprint density at radius 2 is 1.41 bits per heavy atom. The summed E-state index contributed by atoms with van der Waals surface area (Å²) in [5, 5.41) is 5.32. The van der Waals surface area contributed by atoms with E-state index >= 15 is 4.39 Å². The van der Waals surface area contributed by atoms with Gasteiger partial charge in [-0.05, 0) is 72.9 Å². The van der Waals surface area contributed by atoms with Gasteiger partial charge in [0.2, 0.25) is 11.8 Å². The topological polar surface area (TPSA) is 122 Å². The fourth-order valence-electron chi connectivity index (χ4n) is 9.28. The molecule has 2 N–H and O–H groups in total. The molecule has 11 nitrogen and oxygen atoms in total. The molecule has 2 aromatic carbocycles. The van der Waals surface area contributed by atoms with Crippen molar-refractivity contribution in [3.63, 3.8) is 0 Å². The standard InChI is InChI=1S/C37H45FN6O5/c1-36(2)21-37(3,4)35(36)40-31(46)26-8-6-24(20-28(26)38)43-17-15-42(16-18-43)22-11-13-41(14-12-22)23-5-7-25-27(19-23)34(49)44(33(25)48)29-9-10-30(45)39-32(29)47/h5-8,19-20,22,29,35H,9-18,21H2,1-4H3,(H,40,46)(H,39,45,47). The second-order valence-corrected chi connectivity index (χ2v) is 15.6. The van der Waals surface area contributed by atoms with Crippen molar-refractivity contribution in [3.05, 3.63) is 58.9 Å². The molecule has 12 heteroatoms. The second kappa shape index (κ2) is 12.2. The van der Waals surface area contributed by atoms with Crippen LogP contribution >= 0.6 is 0 Å². The zero-order chi connectivity index (χ0) is 34.8. The second-order valence-electron chi connectivity index (χ2n) is 15.6. The van der Waals surface area contributed by atoms with Gasteiger partial charge in [0.05, 0.1) is 16.7 Å². The summed E-state index contributed by atoms with van der Waals surface area (Å²) in [6.07, 6.45) is 3.11. The molecule has 3 saturated heterocycles. The largest absolute Gasteiger partial charge is 0.371 e. The number of rotatable bonds is 6. The third kappa shape index (κ3) is 5.98. The van der Waals surface area contributed by atoms with Gasteiger partial charge in [0.1, 0.15) is 11.9 Å². The average Bonchev–Trinajstić information content (AvgIpc) is 3.31. The lowest BCUT2D eigenvalue weighted by molar-refractivity contribution is -0.136. The molecular formula is C37H45FN6O5. The highest BCUT2D eigenvalue weighted by Gasteiger charge is 2.53. The van der Waals surface area contributed by atoms with Crippen molar-refractivity contribution in [2.45, 2.75) is 77.9 Å². The lowest BCUT2D eigenvalue weighted by atomic mass is 9.52. The van der Waals surface area contributed by atoms with Crippen molar-refractivity contribution < 1.29 is 28.4 Å². The molecule has 4 aliphatic heterocycles. The summed E-state index contributed by atoms with van der Waals surface area (Å²) in [6.45, 7) is 13.4. The SMILES string of the molecule is CC1(C)CC(C)(C)C1NC(=O)c1ccc(N2CCN(C3CCN(c4ccc5c(c4)C(=O)N(C4CCC(=O)NC4=O)C5=O)CC3)CC2)cc1F. The van der Waals surface area contributed by atoms with Crippen LogP contribution in [0.25, 0.3) is 0 Å². The quantitative estimate of drug-likeness (QED) is 0.447. The Bertz CT molecular complexity index is 1710. The van der Waals surface area contributed by atoms with Crippen molar-refractivity contribution in [1.82, 2.24) is 20.4 Å². The number of benzene rings is 2. The predicted octanol–water partition coefficient (Wildman–Crippen LogP) is 3.57. The van der Waals surface area contributed by atoms with Gasteiger partial charge in [-0.3, -0.25) is 39.1 Å². The van der Waals surface area contributed by atoms with Crippen molar-refractivity contribution in [2.75, 3.05) is 49.1 Å². The molecule has 5 amide bonds. The highest BCUT2D eigenvalue weighted by Crippen LogP contribution is 2.53. The number of hydrogen-bond acceptors (Lipinski definition) is 8. The predicted molar refractivity (Wildman–Crippen MR) is 182 cm³/mol. The maximum Gasteiger partial charge on any atom is 0.262 e. The van der Waals surface area contributed by atoms with Crippen LogP contribution in [0.5, 0.6) is 0 Å². The molecule has 1 atom stereocenters. The van der Waals surface area contributed by atoms with Gasteiger partial charge in [-0.1, -0.05) is 27.7 Å². The zero-order valence-corrected chi connectivity index (χ0v) is 28.7. The Balaban J connectivity index is 0.916. The summed E-state index contributed by atoms with van der Waals surface area (Å²) in [4.78, 5) is 71.3. The summed E-state index contributed by atoms with van der Waals surface area (Å²) >= 11 is 0. The number of nitrogens with one attached hydrogen (secondary N) is 2. The van der Waals surface area contributed by atoms with Gasteiger partial charge in [0.25, 0.3) is 17.7 Å². The third-order valence-electron chi connectivity index (χ3n) is 11.4. The number of carbonyl (C=O) groups is 5. The smallest absolute Gasteiger partial charge is 0.262 e. The molecule has 0 spiro atoms. The fourth-order valence-corrected chi connectivity index (χ4v) is 9.28. The monoisotopic (exact) mass is 672 g/mol. The number of halogens is 1. The highest BCUT2D eigenvalue weighted by molar-refractivity contribution is 6.23. The van der Waals surface area contributed by atoms with E-state index in [-0.39, 0.29) is 46.7 Å². The summed E-state index contributed by atoms with van der Waals surface area (Å²) in [7, 11) is 0. The van der Waals surface area contributed by atoms with Gasteiger partial charge in [0.15, 0.2) is 0 Å². The molecule has 0 radical (unpaired) electrons. The number of hydrogen-bond donors (Lipinski definition) is 2. The van der Waals surface area contributed by atoms with E-state index in [2.05, 4.69) is 53.0 Å². The van der Waals surface area contributed by atoms with Crippen LogP contribution in [0.3, 0.4) is 0 Å². The highest BCUT2D eigenvalue weighted by atomic mass is 19.1. The Morgan fingerprint density at radius 1 is 0.796 bits per heavy atom. The number of amides is 5. The minimum Gasteiger partial charge on any atom is -0.371 e. The minimum atomic E-state index is -0.980. The Kier molecular flexibility index (Phi) is 8.28. The maximum absolute atomic E-state index is 15.2. The Hall–Kier alpha value is -4.32. The minimum absolute atomic E-state index is 0.00683. The van der Waals surface area contributed by atoms with Crippen molar-refractivity contribution in [3.8, 4) is 0 Å². The molecular weight excluding hydrogens is 627 g/mol. The summed E-state index contributed by atoms with van der Waals surface area (Å²) in [6, 6.07) is 9.64. The molecule has 2 aromatic rings. The number of imide groups is 2. The molecule has 1 unspecified atom stereocenters. The lowest BCUT2D eigenvalue weighted by Crippen LogP contribution is -2.63. The Morgan fingerprint density at radius 3 is 2.04 bits per heavy atom. The first-order chi connectivity index (χ1) is 23.2. The van der Waals surface area contributed by atoms with E-state index in [1.54, 1.807) is 18.2 Å². The normalized spacial score (nSPS) is 24.5. The van der Waals surface area contributed by atoms with E-state index < -0.39 is 35.5 Å². The van der Waals surface area contributed by atoms with Crippen molar-refractivity contribution in [2.24, 2.45) is 10.8 Å². The zero-order valence-electron chi connectivity index (χ0n) is 28.7. The molecule has 49 heavy (non-hydrogen) atoms. The Labute approximate surface area is 286 Å². The summed E-state index contributed by atoms with van der Waals surface area (Å²) < 4.78 is 15.2. The number of fused-ring (bicyclic) bond motifs is 1. The van der Waals surface area contributed by atoms with Gasteiger partial charge >= 0.3 is 0 Å². The van der Waals surface area contributed by atoms with Crippen LogP contribution in [0.2, 0.25) is 0 Å². The van der Waals surface area contributed by atoms with Crippen molar-refractivity contribution >= 4 is 40.9 Å². The van der Waals surface area contributed by atoms with Crippen LogP contribution in [0, 0.1) is 16.6 Å². The van der Waals surface area contributed by atoms with E-state index in [1.165, 1.54) is 6.07 Å². The van der Waals surface area contributed by atoms with Gasteiger partial charge in [0, 0.05) is 69.1 Å². The first-order valence-corrected chi connectivity index (χ1v) is 17.4. The van der Waals surface area contributed by atoms with E-state index in [9.17, 15) is 24.0 Å². The molecule has 0 aromatic heterocycles. The molecule has 5 aliphatic rings. The lowest BCUT2D eigenvalue weighted by Gasteiger charge is -2.57. The maximum atomic E-state index is 15.2. The summed E-state index contributed by atoms with van der Waals surface area (Å²) in [5.74, 6) is -2.87. The number of nitrogens with zero attached hydrogens (tertiary/aromatic N) is 4. The third-order valence-corrected chi connectivity index (χ3v) is 11.4. The molecule has 0 bridgehead atoms. The van der Waals surface area contributed by atoms with Crippen LogP contribution in [0.15, 0.2) is 36.4 Å². The van der Waals surface area contributed by atoms with E-state index in [0.29, 0.717) is 11.6 Å². The molecule has 260 valence electrons. The fraction of sp³-hybridized carbons (Fsp3) is 0.541. The van der Waals surface area contributed by atoms with Gasteiger partial charge in [-0.15, -0.1) is 0 Å². The van der Waals surface area contributed by atoms with Crippen LogP contribution in [0.1, 0.15) is 90.9 Å². The number of piperazine rings is 1. The van der Waals surface area contributed by atoms with Gasteiger partial charge < -0.3 is 15.1 Å². The number of anilines is 2. The molecule has 7 rings (SSSR count). The van der Waals surface area contributed by atoms with E-state index in [1.807, 2.05) is 12.1 Å². The molecule has 4 heterocycles. The average molecular weight is 673 g/mol. The van der Waals surface area contributed by atoms with E-state index in [0.717, 1.165) is 74.8 Å². The first-order valence-electron chi connectivity index (χ1n) is 17.4. The van der Waals surface area contributed by atoms with Crippen LogP contribution < -0.4 is 20.4 Å². The van der Waals surface area contributed by atoms with Crippen LogP contribution in [-0.4, -0.2) is 96.7 Å². The van der Waals surface area contributed by atoms with Crippen molar-refractivity contribution in [1.29, 1.82) is 0 Å². The molecule has 1 aliphatic carbocycles. The van der Waals surface area contributed by atoms with Gasteiger partial charge in [-0.2, -0.15) is 0 Å². The van der Waals surface area contributed by atoms with Crippen LogP contribution in [0.4, 0.5) is 15.8 Å². The molecule has 1 saturated carbocycles. The van der Waals surface area contributed by atoms with E-state index in [4.69, 9.17) is 0 Å². The number of carbonyl (C=O) groups excluding carboxylic acids is 5.